The minimum absolute atomic E-state index is 0.416. The summed E-state index contributed by atoms with van der Waals surface area (Å²) in [6.45, 7) is 6.78. The van der Waals surface area contributed by atoms with E-state index in [-0.39, 0.29) is 0 Å². The molecule has 1 unspecified atom stereocenters. The molecule has 0 aromatic heterocycles. The zero-order chi connectivity index (χ0) is 13.7. The molecule has 1 atom stereocenters. The van der Waals surface area contributed by atoms with Crippen molar-refractivity contribution in [2.45, 2.75) is 20.8 Å². The van der Waals surface area contributed by atoms with E-state index in [1.807, 2.05) is 30.9 Å². The van der Waals surface area contributed by atoms with Gasteiger partial charge in [0.1, 0.15) is 0 Å². The zero-order valence-electron chi connectivity index (χ0n) is 11.0. The van der Waals surface area contributed by atoms with E-state index in [4.69, 9.17) is 10.4 Å². The van der Waals surface area contributed by atoms with Crippen molar-refractivity contribution in [2.24, 2.45) is 5.92 Å². The Labute approximate surface area is 107 Å². The third-order valence-corrected chi connectivity index (χ3v) is 2.99. The average molecular weight is 246 g/mol. The number of rotatable bonds is 5. The maximum Gasteiger partial charge on any atom is 0.308 e. The first-order chi connectivity index (χ1) is 8.49. The Bertz CT molecular complexity index is 477. The summed E-state index contributed by atoms with van der Waals surface area (Å²) in [5.41, 5.74) is 2.53. The van der Waals surface area contributed by atoms with E-state index < -0.39 is 11.9 Å². The maximum absolute atomic E-state index is 10.9. The molecule has 4 nitrogen and oxygen atoms in total. The molecule has 1 N–H and O–H groups in total. The topological polar surface area (TPSA) is 64.3 Å². The highest BCUT2D eigenvalue weighted by Crippen LogP contribution is 2.19. The third kappa shape index (κ3) is 3.24. The van der Waals surface area contributed by atoms with Crippen LogP contribution in [0.25, 0.3) is 0 Å². The number of nitrogens with zero attached hydrogens (tertiary/aromatic N) is 2. The van der Waals surface area contributed by atoms with E-state index in [1.165, 1.54) is 0 Å². The van der Waals surface area contributed by atoms with Crippen LogP contribution in [0.15, 0.2) is 18.2 Å². The molecule has 1 aromatic rings. The number of hydrogen-bond acceptors (Lipinski definition) is 3. The highest BCUT2D eigenvalue weighted by molar-refractivity contribution is 5.70. The second kappa shape index (κ2) is 6.06. The summed E-state index contributed by atoms with van der Waals surface area (Å²) in [6, 6.07) is 7.69. The largest absolute Gasteiger partial charge is 0.481 e. The zero-order valence-corrected chi connectivity index (χ0v) is 11.0. The molecule has 0 aliphatic carbocycles. The number of nitriles is 1. The van der Waals surface area contributed by atoms with Crippen LogP contribution in [0.3, 0.4) is 0 Å². The Morgan fingerprint density at radius 1 is 1.56 bits per heavy atom. The molecule has 0 fully saturated rings. The molecule has 96 valence electrons. The fourth-order valence-corrected chi connectivity index (χ4v) is 1.80. The lowest BCUT2D eigenvalue weighted by Crippen LogP contribution is -2.31. The van der Waals surface area contributed by atoms with Gasteiger partial charge in [-0.25, -0.2) is 0 Å². The maximum atomic E-state index is 10.9. The molecule has 1 aromatic carbocycles. The number of aliphatic carboxylic acids is 1. The van der Waals surface area contributed by atoms with Crippen LogP contribution >= 0.6 is 0 Å². The van der Waals surface area contributed by atoms with Gasteiger partial charge in [0.15, 0.2) is 0 Å². The van der Waals surface area contributed by atoms with E-state index >= 15 is 0 Å². The van der Waals surface area contributed by atoms with Gasteiger partial charge in [0.05, 0.1) is 17.6 Å². The SMILES string of the molecule is CCN(CC(C)C(=O)O)c1ccc(C#N)c(C)c1. The van der Waals surface area contributed by atoms with Crippen LogP contribution in [-0.2, 0) is 4.79 Å². The van der Waals surface area contributed by atoms with Crippen molar-refractivity contribution in [3.05, 3.63) is 29.3 Å². The summed E-state index contributed by atoms with van der Waals surface area (Å²) in [7, 11) is 0. The van der Waals surface area contributed by atoms with Crippen molar-refractivity contribution >= 4 is 11.7 Å². The quantitative estimate of drug-likeness (QED) is 0.866. The average Bonchev–Trinajstić information content (AvgIpc) is 2.35. The summed E-state index contributed by atoms with van der Waals surface area (Å²) in [6.07, 6.45) is 0. The summed E-state index contributed by atoms with van der Waals surface area (Å²) in [5, 5.41) is 17.8. The second-order valence-corrected chi connectivity index (χ2v) is 4.39. The smallest absolute Gasteiger partial charge is 0.308 e. The molecule has 4 heteroatoms. The molecular formula is C14H18N2O2. The van der Waals surface area contributed by atoms with Gasteiger partial charge in [-0.15, -0.1) is 0 Å². The van der Waals surface area contributed by atoms with Gasteiger partial charge in [0.2, 0.25) is 0 Å². The van der Waals surface area contributed by atoms with Gasteiger partial charge < -0.3 is 10.0 Å². The molecule has 0 heterocycles. The number of aryl methyl sites for hydroxylation is 1. The lowest BCUT2D eigenvalue weighted by atomic mass is 10.1. The first-order valence-electron chi connectivity index (χ1n) is 5.98. The van der Waals surface area contributed by atoms with Gasteiger partial charge in [0, 0.05) is 18.8 Å². The van der Waals surface area contributed by atoms with Crippen LogP contribution in [0.1, 0.15) is 25.0 Å². The van der Waals surface area contributed by atoms with Gasteiger partial charge in [-0.3, -0.25) is 4.79 Å². The molecule has 0 aliphatic heterocycles. The van der Waals surface area contributed by atoms with Crippen LogP contribution in [0.2, 0.25) is 0 Å². The Hall–Kier alpha value is -2.02. The summed E-state index contributed by atoms with van der Waals surface area (Å²) in [5.74, 6) is -1.21. The van der Waals surface area contributed by atoms with Crippen molar-refractivity contribution < 1.29 is 9.90 Å². The van der Waals surface area contributed by atoms with Crippen molar-refractivity contribution in [3.63, 3.8) is 0 Å². The van der Waals surface area contributed by atoms with E-state index in [1.54, 1.807) is 13.0 Å². The minimum atomic E-state index is -0.793. The molecule has 1 rings (SSSR count). The van der Waals surface area contributed by atoms with Gasteiger partial charge in [-0.05, 0) is 37.6 Å². The number of benzene rings is 1. The molecule has 0 aliphatic rings. The Morgan fingerprint density at radius 2 is 2.22 bits per heavy atom. The first-order valence-corrected chi connectivity index (χ1v) is 5.98. The van der Waals surface area contributed by atoms with Crippen molar-refractivity contribution in [3.8, 4) is 6.07 Å². The van der Waals surface area contributed by atoms with Crippen LogP contribution in [0.5, 0.6) is 0 Å². The van der Waals surface area contributed by atoms with Crippen LogP contribution < -0.4 is 4.90 Å². The van der Waals surface area contributed by atoms with Crippen LogP contribution in [-0.4, -0.2) is 24.2 Å². The predicted molar refractivity (Wildman–Crippen MR) is 70.6 cm³/mol. The van der Waals surface area contributed by atoms with Crippen molar-refractivity contribution in [1.29, 1.82) is 5.26 Å². The molecule has 0 bridgehead atoms. The van der Waals surface area contributed by atoms with E-state index in [0.29, 0.717) is 12.1 Å². The molecule has 18 heavy (non-hydrogen) atoms. The standard InChI is InChI=1S/C14H18N2O2/c1-4-16(9-11(3)14(17)18)13-6-5-12(8-15)10(2)7-13/h5-7,11H,4,9H2,1-3H3,(H,17,18). The molecule has 0 radical (unpaired) electrons. The van der Waals surface area contributed by atoms with E-state index in [2.05, 4.69) is 6.07 Å². The van der Waals surface area contributed by atoms with Crippen molar-refractivity contribution in [1.82, 2.24) is 0 Å². The lowest BCUT2D eigenvalue weighted by molar-refractivity contribution is -0.140. The fourth-order valence-electron chi connectivity index (χ4n) is 1.80. The second-order valence-electron chi connectivity index (χ2n) is 4.39. The first kappa shape index (κ1) is 14.0. The Kier molecular flexibility index (Phi) is 4.73. The molecule has 0 amide bonds. The fraction of sp³-hybridized carbons (Fsp3) is 0.429. The highest BCUT2D eigenvalue weighted by atomic mass is 16.4. The predicted octanol–water partition coefficient (Wildman–Crippen LogP) is 2.41. The Morgan fingerprint density at radius 3 is 2.67 bits per heavy atom. The minimum Gasteiger partial charge on any atom is -0.481 e. The lowest BCUT2D eigenvalue weighted by Gasteiger charge is -2.25. The number of hydrogen-bond donors (Lipinski definition) is 1. The van der Waals surface area contributed by atoms with E-state index in [0.717, 1.165) is 17.8 Å². The third-order valence-electron chi connectivity index (χ3n) is 2.99. The molecule has 0 spiro atoms. The number of anilines is 1. The summed E-state index contributed by atoms with van der Waals surface area (Å²) in [4.78, 5) is 12.9. The number of carboxylic acid groups (broad SMARTS) is 1. The Balaban J connectivity index is 2.93. The van der Waals surface area contributed by atoms with Crippen LogP contribution in [0.4, 0.5) is 5.69 Å². The molecular weight excluding hydrogens is 228 g/mol. The highest BCUT2D eigenvalue weighted by Gasteiger charge is 2.15. The van der Waals surface area contributed by atoms with Gasteiger partial charge >= 0.3 is 5.97 Å². The van der Waals surface area contributed by atoms with Gasteiger partial charge in [-0.1, -0.05) is 6.92 Å². The summed E-state index contributed by atoms with van der Waals surface area (Å²) >= 11 is 0. The van der Waals surface area contributed by atoms with Gasteiger partial charge in [-0.2, -0.15) is 5.26 Å². The number of carbonyl (C=O) groups is 1. The van der Waals surface area contributed by atoms with Gasteiger partial charge in [0.25, 0.3) is 0 Å². The number of carboxylic acids is 1. The van der Waals surface area contributed by atoms with Crippen LogP contribution in [0, 0.1) is 24.2 Å². The van der Waals surface area contributed by atoms with Crippen molar-refractivity contribution in [2.75, 3.05) is 18.0 Å². The van der Waals surface area contributed by atoms with E-state index in [9.17, 15) is 4.79 Å². The normalized spacial score (nSPS) is 11.7. The summed E-state index contributed by atoms with van der Waals surface area (Å²) < 4.78 is 0. The monoisotopic (exact) mass is 246 g/mol. The molecule has 0 saturated carbocycles. The molecule has 0 saturated heterocycles.